The maximum absolute atomic E-state index is 14.8. The summed E-state index contributed by atoms with van der Waals surface area (Å²) in [5.41, 5.74) is 6.09. The van der Waals surface area contributed by atoms with Gasteiger partial charge in [-0.05, 0) is 35.4 Å². The molecule has 2 unspecified atom stereocenters. The van der Waals surface area contributed by atoms with E-state index in [1.54, 1.807) is 18.2 Å². The molecule has 2 heterocycles. The molecule has 2 atom stereocenters. The fourth-order valence-electron chi connectivity index (χ4n) is 5.22. The second kappa shape index (κ2) is 9.23. The largest absolute Gasteiger partial charge is 0.673 e. The van der Waals surface area contributed by atoms with Crippen LogP contribution < -0.4 is 0 Å². The molecule has 3 aromatic rings. The van der Waals surface area contributed by atoms with Crippen molar-refractivity contribution in [3.05, 3.63) is 147 Å². The average Bonchev–Trinajstić information content (AvgIpc) is 3.40. The lowest BCUT2D eigenvalue weighted by Crippen LogP contribution is -2.34. The van der Waals surface area contributed by atoms with E-state index in [-0.39, 0.29) is 5.92 Å². The van der Waals surface area contributed by atoms with Crippen LogP contribution >= 0.6 is 23.2 Å². The molecule has 0 fully saturated rings. The Bertz CT molecular complexity index is 1490. The fourth-order valence-corrected chi connectivity index (χ4v) is 5.59. The molecule has 0 spiro atoms. The monoisotopic (exact) mass is 514 g/mol. The molecule has 2 aliphatic heterocycles. The molecule has 36 heavy (non-hydrogen) atoms. The summed E-state index contributed by atoms with van der Waals surface area (Å²) >= 11 is 12.7. The van der Waals surface area contributed by atoms with Gasteiger partial charge in [-0.2, -0.15) is 0 Å². The van der Waals surface area contributed by atoms with Crippen molar-refractivity contribution >= 4 is 42.0 Å². The zero-order valence-electron chi connectivity index (χ0n) is 19.0. The number of nitrogens with zero attached hydrogens (tertiary/aromatic N) is 2. The van der Waals surface area contributed by atoms with E-state index < -0.39 is 13.4 Å². The minimum Gasteiger partial charge on any atom is -0.348 e. The summed E-state index contributed by atoms with van der Waals surface area (Å²) in [6.45, 7) is 0. The molecule has 0 saturated heterocycles. The Morgan fingerprint density at radius 3 is 2.31 bits per heavy atom. The van der Waals surface area contributed by atoms with Gasteiger partial charge in [0.2, 0.25) is 0 Å². The fraction of sp³-hybridized carbons (Fsp3) is 0.0690. The highest BCUT2D eigenvalue weighted by atomic mass is 35.5. The van der Waals surface area contributed by atoms with Crippen LogP contribution in [-0.2, 0) is 0 Å². The molecule has 0 radical (unpaired) electrons. The van der Waals surface area contributed by atoms with Gasteiger partial charge in [-0.3, -0.25) is 8.63 Å². The molecular formula is C29H19BCl2F2N2. The van der Waals surface area contributed by atoms with Crippen molar-refractivity contribution in [2.24, 2.45) is 10.9 Å². The Kier molecular flexibility index (Phi) is 5.90. The number of benzene rings is 3. The minimum absolute atomic E-state index is 0.311. The first-order valence-corrected chi connectivity index (χ1v) is 12.3. The van der Waals surface area contributed by atoms with Crippen molar-refractivity contribution in [3.8, 4) is 0 Å². The Morgan fingerprint density at radius 2 is 1.58 bits per heavy atom. The van der Waals surface area contributed by atoms with E-state index in [0.29, 0.717) is 21.4 Å². The molecule has 3 aliphatic rings. The number of rotatable bonds is 4. The van der Waals surface area contributed by atoms with Gasteiger partial charge < -0.3 is 4.81 Å². The van der Waals surface area contributed by atoms with Gasteiger partial charge in [-0.25, -0.2) is 4.99 Å². The first-order valence-electron chi connectivity index (χ1n) is 11.6. The molecular weight excluding hydrogens is 496 g/mol. The number of aliphatic imine (C=N–C) groups is 1. The lowest BCUT2D eigenvalue weighted by molar-refractivity contribution is 0.342. The highest BCUT2D eigenvalue weighted by Gasteiger charge is 2.46. The highest BCUT2D eigenvalue weighted by Crippen LogP contribution is 2.49. The van der Waals surface area contributed by atoms with Crippen LogP contribution in [0, 0.1) is 5.92 Å². The van der Waals surface area contributed by atoms with Crippen LogP contribution in [0.15, 0.2) is 124 Å². The first-order chi connectivity index (χ1) is 17.5. The van der Waals surface area contributed by atoms with Gasteiger partial charge in [-0.1, -0.05) is 102 Å². The summed E-state index contributed by atoms with van der Waals surface area (Å²) in [5.74, 6) is -0.311. The van der Waals surface area contributed by atoms with E-state index in [1.165, 1.54) is 4.81 Å². The predicted octanol–water partition coefficient (Wildman–Crippen LogP) is 8.08. The number of hydrogen-bond acceptors (Lipinski definition) is 2. The van der Waals surface area contributed by atoms with Gasteiger partial charge in [0, 0.05) is 38.4 Å². The van der Waals surface area contributed by atoms with Crippen molar-refractivity contribution in [3.63, 3.8) is 0 Å². The summed E-state index contributed by atoms with van der Waals surface area (Å²) < 4.78 is 29.5. The van der Waals surface area contributed by atoms with E-state index in [1.807, 2.05) is 84.9 Å². The Hall–Kier alpha value is -3.41. The molecule has 7 heteroatoms. The normalized spacial score (nSPS) is 21.4. The van der Waals surface area contributed by atoms with Crippen molar-refractivity contribution in [2.45, 2.75) is 6.04 Å². The van der Waals surface area contributed by atoms with Crippen LogP contribution in [0.3, 0.4) is 0 Å². The minimum atomic E-state index is -2.72. The van der Waals surface area contributed by atoms with Crippen molar-refractivity contribution in [1.29, 1.82) is 0 Å². The van der Waals surface area contributed by atoms with Crippen LogP contribution in [0.4, 0.5) is 8.63 Å². The Morgan fingerprint density at radius 1 is 0.861 bits per heavy atom. The Balaban J connectivity index is 1.54. The standard InChI is InChI=1S/C29H19BCl2F2N2/c31-20-11-13-22-24(15-20)28(18-7-3-1-4-8-18)35-26(22)17-27-23-14-12-21(32)16-25(23)29(36(27)30(33)34)19-9-5-2-6-10-19/h1-17,25,29H/b26-17-. The van der Waals surface area contributed by atoms with Gasteiger partial charge in [0.15, 0.2) is 0 Å². The van der Waals surface area contributed by atoms with Gasteiger partial charge in [-0.15, -0.1) is 0 Å². The van der Waals surface area contributed by atoms with E-state index in [2.05, 4.69) is 0 Å². The van der Waals surface area contributed by atoms with Crippen LogP contribution in [0.2, 0.25) is 5.02 Å². The van der Waals surface area contributed by atoms with E-state index in [0.717, 1.165) is 33.5 Å². The molecule has 0 saturated carbocycles. The Labute approximate surface area is 218 Å². The summed E-state index contributed by atoms with van der Waals surface area (Å²) in [5, 5.41) is 1.13. The zero-order valence-corrected chi connectivity index (χ0v) is 20.5. The molecule has 0 N–H and O–H groups in total. The molecule has 0 amide bonds. The van der Waals surface area contributed by atoms with Crippen LogP contribution in [0.25, 0.3) is 5.70 Å². The SMILES string of the molecule is FB(F)N1C(/C=C2\N=C(c3ccccc3)c3cc(Cl)ccc32)=C2C=CC(Cl)=CC2C1c1ccccc1. The number of halogens is 4. The molecule has 2 nitrogen and oxygen atoms in total. The number of hydrogen-bond donors (Lipinski definition) is 0. The van der Waals surface area contributed by atoms with Gasteiger partial charge >= 0.3 is 7.40 Å². The second-order valence-electron chi connectivity index (χ2n) is 8.84. The first kappa shape index (κ1) is 23.0. The smallest absolute Gasteiger partial charge is 0.348 e. The van der Waals surface area contributed by atoms with Crippen LogP contribution in [0.1, 0.15) is 28.3 Å². The zero-order chi connectivity index (χ0) is 24.8. The number of allylic oxidation sites excluding steroid dienone is 4. The molecule has 3 aromatic carbocycles. The number of fused-ring (bicyclic) bond motifs is 2. The third-order valence-corrected chi connectivity index (χ3v) is 7.24. The third kappa shape index (κ3) is 3.93. The molecule has 0 aromatic heterocycles. The van der Waals surface area contributed by atoms with Crippen LogP contribution in [-0.4, -0.2) is 17.9 Å². The second-order valence-corrected chi connectivity index (χ2v) is 9.71. The van der Waals surface area contributed by atoms with Crippen molar-refractivity contribution < 1.29 is 8.63 Å². The van der Waals surface area contributed by atoms with Crippen molar-refractivity contribution in [2.75, 3.05) is 0 Å². The maximum atomic E-state index is 14.8. The molecule has 0 bridgehead atoms. The summed E-state index contributed by atoms with van der Waals surface area (Å²) in [7, 11) is -2.72. The molecule has 1 aliphatic carbocycles. The molecule has 6 rings (SSSR count). The van der Waals surface area contributed by atoms with Gasteiger partial charge in [0.05, 0.1) is 17.5 Å². The average molecular weight is 515 g/mol. The lowest BCUT2D eigenvalue weighted by atomic mass is 9.85. The maximum Gasteiger partial charge on any atom is 0.673 e. The highest BCUT2D eigenvalue weighted by molar-refractivity contribution is 6.40. The van der Waals surface area contributed by atoms with Crippen LogP contribution in [0.5, 0.6) is 0 Å². The van der Waals surface area contributed by atoms with Crippen molar-refractivity contribution in [1.82, 2.24) is 4.81 Å². The molecule has 176 valence electrons. The topological polar surface area (TPSA) is 15.6 Å². The van der Waals surface area contributed by atoms with E-state index in [4.69, 9.17) is 28.2 Å². The summed E-state index contributed by atoms with van der Waals surface area (Å²) in [4.78, 5) is 6.11. The van der Waals surface area contributed by atoms with E-state index in [9.17, 15) is 8.63 Å². The van der Waals surface area contributed by atoms with Gasteiger partial charge in [0.25, 0.3) is 0 Å². The van der Waals surface area contributed by atoms with Gasteiger partial charge in [0.1, 0.15) is 0 Å². The third-order valence-electron chi connectivity index (χ3n) is 6.75. The summed E-state index contributed by atoms with van der Waals surface area (Å²) in [6, 6.07) is 24.2. The lowest BCUT2D eigenvalue weighted by Gasteiger charge is -2.30. The van der Waals surface area contributed by atoms with E-state index >= 15 is 0 Å². The summed E-state index contributed by atoms with van der Waals surface area (Å²) in [6.07, 6.45) is 7.23. The quantitative estimate of drug-likeness (QED) is 0.321. The predicted molar refractivity (Wildman–Crippen MR) is 144 cm³/mol.